The van der Waals surface area contributed by atoms with E-state index < -0.39 is 17.6 Å². The summed E-state index contributed by atoms with van der Waals surface area (Å²) in [5.41, 5.74) is -0.598. The van der Waals surface area contributed by atoms with Crippen LogP contribution in [0.4, 0.5) is 0 Å². The van der Waals surface area contributed by atoms with Gasteiger partial charge in [0, 0.05) is 13.8 Å². The average molecular weight is 263 g/mol. The van der Waals surface area contributed by atoms with Gasteiger partial charge in [0.15, 0.2) is 0 Å². The second-order valence-corrected chi connectivity index (χ2v) is 4.13. The van der Waals surface area contributed by atoms with Gasteiger partial charge in [-0.15, -0.1) is 9.78 Å². The fourth-order valence-corrected chi connectivity index (χ4v) is 1.84. The number of hydrogen-bond acceptors (Lipinski definition) is 5. The molecule has 0 radical (unpaired) electrons. The van der Waals surface area contributed by atoms with E-state index in [0.29, 0.717) is 18.0 Å². The minimum Gasteiger partial charge on any atom is -0.430 e. The van der Waals surface area contributed by atoms with Crippen molar-refractivity contribution in [1.82, 2.24) is 14.8 Å². The molecule has 0 saturated carbocycles. The van der Waals surface area contributed by atoms with E-state index in [1.165, 1.54) is 13.8 Å². The molecule has 1 aromatic rings. The number of nitrogens with zero attached hydrogens (tertiary/aromatic N) is 2. The summed E-state index contributed by atoms with van der Waals surface area (Å²) in [6.07, 6.45) is 5.79. The molecule has 0 amide bonds. The summed E-state index contributed by atoms with van der Waals surface area (Å²) >= 11 is 0. The fourth-order valence-electron chi connectivity index (χ4n) is 1.84. The number of carbonyl (C=O) groups excluding carboxylic acids is 2. The maximum atomic E-state index is 11.5. The molecule has 0 unspecified atom stereocenters. The van der Waals surface area contributed by atoms with Gasteiger partial charge in [0.05, 0.1) is 5.92 Å². The number of allylic oxidation sites excluding steroid dienone is 4. The summed E-state index contributed by atoms with van der Waals surface area (Å²) < 4.78 is 5.83. The lowest BCUT2D eigenvalue weighted by atomic mass is 9.98. The number of aromatic amines is 1. The number of rotatable bonds is 2. The van der Waals surface area contributed by atoms with E-state index in [2.05, 4.69) is 10.1 Å². The van der Waals surface area contributed by atoms with Crippen LogP contribution in [-0.4, -0.2) is 26.6 Å². The molecule has 0 aromatic carbocycles. The van der Waals surface area contributed by atoms with Crippen LogP contribution in [0.15, 0.2) is 28.8 Å². The molecular formula is C12H13N3O4. The molecule has 1 heterocycles. The fraction of sp³-hybridized carbons (Fsp3) is 0.333. The number of nitrogens with one attached hydrogen (secondary N) is 1. The summed E-state index contributed by atoms with van der Waals surface area (Å²) in [5.74, 6) is -0.588. The second kappa shape index (κ2) is 5.05. The summed E-state index contributed by atoms with van der Waals surface area (Å²) in [7, 11) is 0. The van der Waals surface area contributed by atoms with Crippen LogP contribution in [0.1, 0.15) is 36.8 Å². The third-order valence-electron chi connectivity index (χ3n) is 2.64. The minimum atomic E-state index is -0.598. The van der Waals surface area contributed by atoms with Gasteiger partial charge in [-0.25, -0.2) is 4.79 Å². The second-order valence-electron chi connectivity index (χ2n) is 4.13. The SMILES string of the molecule is CC(=O)OC1=CC=CC[C@H]1c1nn(C(C)=O)c(=O)[nH]1. The largest absolute Gasteiger partial charge is 0.430 e. The zero-order chi connectivity index (χ0) is 14.0. The highest BCUT2D eigenvalue weighted by molar-refractivity contribution is 5.74. The number of H-pyrrole nitrogens is 1. The summed E-state index contributed by atoms with van der Waals surface area (Å²) in [6, 6.07) is 0. The van der Waals surface area contributed by atoms with Crippen LogP contribution in [0.3, 0.4) is 0 Å². The maximum absolute atomic E-state index is 11.5. The normalized spacial score (nSPS) is 18.0. The Labute approximate surface area is 108 Å². The topological polar surface area (TPSA) is 94.0 Å². The highest BCUT2D eigenvalue weighted by Crippen LogP contribution is 2.29. The van der Waals surface area contributed by atoms with Crippen LogP contribution < -0.4 is 5.69 Å². The van der Waals surface area contributed by atoms with E-state index >= 15 is 0 Å². The minimum absolute atomic E-state index is 0.303. The molecule has 1 aromatic heterocycles. The molecule has 0 fully saturated rings. The predicted octanol–water partition coefficient (Wildman–Crippen LogP) is 0.722. The van der Waals surface area contributed by atoms with Gasteiger partial charge in [0.2, 0.25) is 5.91 Å². The summed E-state index contributed by atoms with van der Waals surface area (Å²) in [5, 5.41) is 3.92. The van der Waals surface area contributed by atoms with E-state index in [9.17, 15) is 14.4 Å². The standard InChI is InChI=1S/C12H13N3O4/c1-7(16)15-12(18)13-11(14-15)9-5-3-4-6-10(9)19-8(2)17/h3-4,6,9H,5H2,1-2H3,(H,13,14,18)/t9-/m1/s1. The molecule has 1 aliphatic carbocycles. The molecule has 7 nitrogen and oxygen atoms in total. The average Bonchev–Trinajstić information content (AvgIpc) is 2.71. The van der Waals surface area contributed by atoms with E-state index in [0.717, 1.165) is 4.68 Å². The van der Waals surface area contributed by atoms with Gasteiger partial charge >= 0.3 is 11.7 Å². The smallest absolute Gasteiger partial charge is 0.350 e. The lowest BCUT2D eigenvalue weighted by Crippen LogP contribution is -2.22. The van der Waals surface area contributed by atoms with Gasteiger partial charge in [0.25, 0.3) is 0 Å². The molecule has 0 bridgehead atoms. The van der Waals surface area contributed by atoms with Crippen molar-refractivity contribution < 1.29 is 14.3 Å². The molecule has 1 aliphatic rings. The Morgan fingerprint density at radius 1 is 1.47 bits per heavy atom. The van der Waals surface area contributed by atoms with Gasteiger partial charge in [-0.2, -0.15) is 0 Å². The zero-order valence-corrected chi connectivity index (χ0v) is 10.5. The molecule has 1 atom stereocenters. The van der Waals surface area contributed by atoms with Crippen molar-refractivity contribution in [2.45, 2.75) is 26.2 Å². The van der Waals surface area contributed by atoms with E-state index in [4.69, 9.17) is 4.74 Å². The Morgan fingerprint density at radius 3 is 2.79 bits per heavy atom. The summed E-state index contributed by atoms with van der Waals surface area (Å²) in [6.45, 7) is 2.54. The van der Waals surface area contributed by atoms with Gasteiger partial charge < -0.3 is 4.74 Å². The van der Waals surface area contributed by atoms with Gasteiger partial charge in [-0.1, -0.05) is 12.2 Å². The van der Waals surface area contributed by atoms with Crippen LogP contribution >= 0.6 is 0 Å². The molecule has 7 heteroatoms. The number of esters is 1. The van der Waals surface area contributed by atoms with Gasteiger partial charge in [0.1, 0.15) is 11.6 Å². The first kappa shape index (κ1) is 13.0. The summed E-state index contributed by atoms with van der Waals surface area (Å²) in [4.78, 5) is 36.3. The highest BCUT2D eigenvalue weighted by Gasteiger charge is 2.25. The maximum Gasteiger partial charge on any atom is 0.350 e. The highest BCUT2D eigenvalue weighted by atomic mass is 16.5. The Bertz CT molecular complexity index is 636. The van der Waals surface area contributed by atoms with E-state index in [1.807, 2.05) is 6.08 Å². The van der Waals surface area contributed by atoms with Crippen LogP contribution in [-0.2, 0) is 9.53 Å². The quantitative estimate of drug-likeness (QED) is 0.793. The Balaban J connectivity index is 2.35. The van der Waals surface area contributed by atoms with Crippen molar-refractivity contribution in [2.75, 3.05) is 0 Å². The van der Waals surface area contributed by atoms with Crippen LogP contribution in [0, 0.1) is 0 Å². The first-order chi connectivity index (χ1) is 8.99. The molecule has 2 rings (SSSR count). The molecule has 1 N–H and O–H groups in total. The molecule has 19 heavy (non-hydrogen) atoms. The molecular weight excluding hydrogens is 250 g/mol. The van der Waals surface area contributed by atoms with Crippen molar-refractivity contribution >= 4 is 11.9 Å². The van der Waals surface area contributed by atoms with Crippen molar-refractivity contribution in [2.24, 2.45) is 0 Å². The monoisotopic (exact) mass is 263 g/mol. The molecule has 0 spiro atoms. The number of carbonyl (C=O) groups is 2. The van der Waals surface area contributed by atoms with E-state index in [-0.39, 0.29) is 5.92 Å². The van der Waals surface area contributed by atoms with Crippen molar-refractivity contribution in [3.8, 4) is 0 Å². The van der Waals surface area contributed by atoms with Crippen molar-refractivity contribution in [3.05, 3.63) is 40.3 Å². The predicted molar refractivity (Wildman–Crippen MR) is 65.5 cm³/mol. The lowest BCUT2D eigenvalue weighted by Gasteiger charge is -2.17. The Kier molecular flexibility index (Phi) is 3.46. The van der Waals surface area contributed by atoms with Crippen LogP contribution in [0.25, 0.3) is 0 Å². The van der Waals surface area contributed by atoms with Crippen LogP contribution in [0.2, 0.25) is 0 Å². The van der Waals surface area contributed by atoms with Crippen LogP contribution in [0.5, 0.6) is 0 Å². The van der Waals surface area contributed by atoms with E-state index in [1.54, 1.807) is 12.2 Å². The number of hydrogen-bond donors (Lipinski definition) is 1. The molecule has 100 valence electrons. The third kappa shape index (κ3) is 2.70. The number of ether oxygens (including phenoxy) is 1. The zero-order valence-electron chi connectivity index (χ0n) is 10.5. The lowest BCUT2D eigenvalue weighted by molar-refractivity contribution is -0.137. The molecule has 0 saturated heterocycles. The third-order valence-corrected chi connectivity index (χ3v) is 2.64. The molecule has 0 aliphatic heterocycles. The van der Waals surface area contributed by atoms with Gasteiger partial charge in [-0.05, 0) is 12.5 Å². The van der Waals surface area contributed by atoms with Crippen molar-refractivity contribution in [1.29, 1.82) is 0 Å². The van der Waals surface area contributed by atoms with Gasteiger partial charge in [-0.3, -0.25) is 14.6 Å². The first-order valence-corrected chi connectivity index (χ1v) is 5.74. The first-order valence-electron chi connectivity index (χ1n) is 5.74. The number of aromatic nitrogens is 3. The Morgan fingerprint density at radius 2 is 2.21 bits per heavy atom. The van der Waals surface area contributed by atoms with Crippen molar-refractivity contribution in [3.63, 3.8) is 0 Å². The Hall–Kier alpha value is -2.44.